The van der Waals surface area contributed by atoms with Gasteiger partial charge in [-0.15, -0.1) is 11.3 Å². The van der Waals surface area contributed by atoms with Crippen molar-refractivity contribution in [2.45, 2.75) is 19.6 Å². The van der Waals surface area contributed by atoms with E-state index in [1.807, 2.05) is 42.6 Å². The van der Waals surface area contributed by atoms with E-state index in [1.54, 1.807) is 18.2 Å². The molecule has 0 radical (unpaired) electrons. The molecule has 6 nitrogen and oxygen atoms in total. The molecule has 1 amide bonds. The van der Waals surface area contributed by atoms with E-state index >= 15 is 0 Å². The topological polar surface area (TPSA) is 81.5 Å². The summed E-state index contributed by atoms with van der Waals surface area (Å²) in [7, 11) is 0. The van der Waals surface area contributed by atoms with Crippen molar-refractivity contribution in [3.63, 3.8) is 0 Å². The van der Waals surface area contributed by atoms with Gasteiger partial charge in [-0.1, -0.05) is 30.3 Å². The average molecular weight is 382 g/mol. The average Bonchev–Trinajstić information content (AvgIpc) is 3.16. The molecule has 0 aliphatic rings. The molecule has 27 heavy (non-hydrogen) atoms. The first kappa shape index (κ1) is 18.6. The Morgan fingerprint density at radius 3 is 2.56 bits per heavy atom. The van der Waals surface area contributed by atoms with E-state index in [1.165, 1.54) is 23.5 Å². The highest BCUT2D eigenvalue weighted by atomic mass is 32.1. The number of benzene rings is 2. The monoisotopic (exact) mass is 382 g/mol. The Morgan fingerprint density at radius 2 is 1.89 bits per heavy atom. The molecule has 1 heterocycles. The lowest BCUT2D eigenvalue weighted by molar-refractivity contribution is -0.384. The zero-order valence-corrected chi connectivity index (χ0v) is 15.4. The lowest BCUT2D eigenvalue weighted by atomic mass is 10.1. The number of amides is 1. The Labute approximate surface area is 160 Å². The molecule has 138 valence electrons. The molecule has 3 aromatic rings. The summed E-state index contributed by atoms with van der Waals surface area (Å²) in [5.41, 5.74) is 1.93. The molecule has 0 aliphatic heterocycles. The molecular weight excluding hydrogens is 364 g/mol. The van der Waals surface area contributed by atoms with E-state index < -0.39 is 4.92 Å². The van der Waals surface area contributed by atoms with Crippen LogP contribution >= 0.6 is 11.3 Å². The van der Waals surface area contributed by atoms with E-state index in [0.717, 1.165) is 11.1 Å². The van der Waals surface area contributed by atoms with Gasteiger partial charge in [-0.2, -0.15) is 0 Å². The van der Waals surface area contributed by atoms with Crippen LogP contribution in [0.15, 0.2) is 66.0 Å². The van der Waals surface area contributed by atoms with Gasteiger partial charge in [-0.3, -0.25) is 14.9 Å². The fourth-order valence-electron chi connectivity index (χ4n) is 2.49. The number of nitrogens with zero attached hydrogens (tertiary/aromatic N) is 1. The van der Waals surface area contributed by atoms with Crippen LogP contribution in [0.2, 0.25) is 0 Å². The molecule has 0 bridgehead atoms. The van der Waals surface area contributed by atoms with Gasteiger partial charge in [0.15, 0.2) is 0 Å². The van der Waals surface area contributed by atoms with Gasteiger partial charge in [-0.05, 0) is 36.1 Å². The molecule has 1 unspecified atom stereocenters. The predicted molar refractivity (Wildman–Crippen MR) is 104 cm³/mol. The van der Waals surface area contributed by atoms with Crippen molar-refractivity contribution in [2.24, 2.45) is 0 Å². The lowest BCUT2D eigenvalue weighted by Crippen LogP contribution is -2.25. The molecule has 1 aromatic heterocycles. The fourth-order valence-corrected chi connectivity index (χ4v) is 3.29. The molecule has 0 aliphatic carbocycles. The molecule has 3 rings (SSSR count). The summed E-state index contributed by atoms with van der Waals surface area (Å²) in [6.07, 6.45) is 0. The van der Waals surface area contributed by atoms with Crippen LogP contribution in [0.1, 0.15) is 33.8 Å². The van der Waals surface area contributed by atoms with E-state index in [9.17, 15) is 14.9 Å². The van der Waals surface area contributed by atoms with Crippen molar-refractivity contribution < 1.29 is 14.5 Å². The summed E-state index contributed by atoms with van der Waals surface area (Å²) < 4.78 is 5.62. The number of hydrogen-bond donors (Lipinski definition) is 1. The summed E-state index contributed by atoms with van der Waals surface area (Å²) in [6, 6.07) is 17.4. The lowest BCUT2D eigenvalue weighted by Gasteiger charge is -2.13. The summed E-state index contributed by atoms with van der Waals surface area (Å²) in [6.45, 7) is 2.23. The number of carbonyl (C=O) groups is 1. The molecule has 2 aromatic carbocycles. The Morgan fingerprint density at radius 1 is 1.19 bits per heavy atom. The van der Waals surface area contributed by atoms with Crippen LogP contribution in [0.3, 0.4) is 0 Å². The highest BCUT2D eigenvalue weighted by Crippen LogP contribution is 2.21. The standard InChI is InChI=1S/C20H18N2O4S/c1-14(16-5-3-2-4-6-16)21-20(23)19-11-15(13-27-19)12-26-18-9-7-17(8-10-18)22(24)25/h2-11,13-14H,12H2,1H3,(H,21,23). The van der Waals surface area contributed by atoms with Gasteiger partial charge < -0.3 is 10.1 Å². The summed E-state index contributed by atoms with van der Waals surface area (Å²) in [5.74, 6) is 0.411. The van der Waals surface area contributed by atoms with E-state index in [4.69, 9.17) is 4.74 Å². The maximum atomic E-state index is 12.4. The smallest absolute Gasteiger partial charge is 0.269 e. The molecule has 0 saturated heterocycles. The molecular formula is C20H18N2O4S. The minimum absolute atomic E-state index is 0.0179. The largest absolute Gasteiger partial charge is 0.489 e. The minimum atomic E-state index is -0.454. The third-order valence-electron chi connectivity index (χ3n) is 3.98. The van der Waals surface area contributed by atoms with Crippen molar-refractivity contribution >= 4 is 22.9 Å². The number of hydrogen-bond acceptors (Lipinski definition) is 5. The summed E-state index contributed by atoms with van der Waals surface area (Å²) in [4.78, 5) is 23.2. The van der Waals surface area contributed by atoms with Crippen LogP contribution in [-0.2, 0) is 6.61 Å². The van der Waals surface area contributed by atoms with Crippen LogP contribution in [0.5, 0.6) is 5.75 Å². The number of rotatable bonds is 7. The number of thiophene rings is 1. The van der Waals surface area contributed by atoms with Gasteiger partial charge in [0.05, 0.1) is 15.8 Å². The first-order valence-corrected chi connectivity index (χ1v) is 9.21. The highest BCUT2D eigenvalue weighted by Gasteiger charge is 2.13. The van der Waals surface area contributed by atoms with Crippen LogP contribution in [0.4, 0.5) is 5.69 Å². The zero-order valence-electron chi connectivity index (χ0n) is 14.6. The fraction of sp³-hybridized carbons (Fsp3) is 0.150. The van der Waals surface area contributed by atoms with E-state index in [2.05, 4.69) is 5.32 Å². The Kier molecular flexibility index (Phi) is 5.83. The van der Waals surface area contributed by atoms with Gasteiger partial charge in [0.2, 0.25) is 0 Å². The minimum Gasteiger partial charge on any atom is -0.489 e. The number of nitro groups is 1. The maximum absolute atomic E-state index is 12.4. The van der Waals surface area contributed by atoms with Crippen molar-refractivity contribution in [3.05, 3.63) is 92.2 Å². The third kappa shape index (κ3) is 4.92. The third-order valence-corrected chi connectivity index (χ3v) is 4.96. The van der Waals surface area contributed by atoms with Crippen LogP contribution in [-0.4, -0.2) is 10.8 Å². The molecule has 0 fully saturated rings. The quantitative estimate of drug-likeness (QED) is 0.473. The summed E-state index contributed by atoms with van der Waals surface area (Å²) in [5, 5.41) is 15.5. The first-order chi connectivity index (χ1) is 13.0. The van der Waals surface area contributed by atoms with Crippen LogP contribution in [0, 0.1) is 10.1 Å². The van der Waals surface area contributed by atoms with Gasteiger partial charge in [0.1, 0.15) is 12.4 Å². The second-order valence-corrected chi connectivity index (χ2v) is 6.88. The SMILES string of the molecule is CC(NC(=O)c1cc(COc2ccc([N+](=O)[O-])cc2)cs1)c1ccccc1. The number of carbonyl (C=O) groups excluding carboxylic acids is 1. The van der Waals surface area contributed by atoms with E-state index in [-0.39, 0.29) is 24.2 Å². The van der Waals surface area contributed by atoms with Crippen LogP contribution in [0.25, 0.3) is 0 Å². The molecule has 1 atom stereocenters. The summed E-state index contributed by atoms with van der Waals surface area (Å²) >= 11 is 1.35. The molecule has 1 N–H and O–H groups in total. The second-order valence-electron chi connectivity index (χ2n) is 5.96. The van der Waals surface area contributed by atoms with Crippen molar-refractivity contribution in [1.82, 2.24) is 5.32 Å². The van der Waals surface area contributed by atoms with Crippen molar-refractivity contribution in [1.29, 1.82) is 0 Å². The van der Waals surface area contributed by atoms with Gasteiger partial charge in [0, 0.05) is 17.7 Å². The maximum Gasteiger partial charge on any atom is 0.269 e. The highest BCUT2D eigenvalue weighted by molar-refractivity contribution is 7.12. The van der Waals surface area contributed by atoms with Gasteiger partial charge in [-0.25, -0.2) is 0 Å². The molecule has 0 spiro atoms. The van der Waals surface area contributed by atoms with Crippen molar-refractivity contribution in [3.8, 4) is 5.75 Å². The number of non-ortho nitro benzene ring substituents is 1. The first-order valence-electron chi connectivity index (χ1n) is 8.33. The number of nitrogens with one attached hydrogen (secondary N) is 1. The molecule has 0 saturated carbocycles. The Hall–Kier alpha value is -3.19. The Bertz CT molecular complexity index is 923. The Balaban J connectivity index is 1.56. The number of nitro benzene ring substituents is 1. The normalized spacial score (nSPS) is 11.6. The second kappa shape index (κ2) is 8.46. The van der Waals surface area contributed by atoms with Gasteiger partial charge >= 0.3 is 0 Å². The zero-order chi connectivity index (χ0) is 19.2. The predicted octanol–water partition coefficient (Wildman–Crippen LogP) is 4.73. The molecule has 7 heteroatoms. The van der Waals surface area contributed by atoms with E-state index in [0.29, 0.717) is 10.6 Å². The number of ether oxygens (including phenoxy) is 1. The van der Waals surface area contributed by atoms with Gasteiger partial charge in [0.25, 0.3) is 11.6 Å². The van der Waals surface area contributed by atoms with Crippen molar-refractivity contribution in [2.75, 3.05) is 0 Å². The van der Waals surface area contributed by atoms with Crippen LogP contribution < -0.4 is 10.1 Å².